The Hall–Kier alpha value is -2.96. The molecule has 0 atom stereocenters. The highest BCUT2D eigenvalue weighted by atomic mass is 15.4. The fourth-order valence-electron chi connectivity index (χ4n) is 3.01. The van der Waals surface area contributed by atoms with Crippen LogP contribution in [0.3, 0.4) is 0 Å². The molecule has 3 heterocycles. The third-order valence-corrected chi connectivity index (χ3v) is 4.62. The van der Waals surface area contributed by atoms with Gasteiger partial charge in [0.1, 0.15) is 11.5 Å². The van der Waals surface area contributed by atoms with E-state index in [1.807, 2.05) is 28.7 Å². The van der Waals surface area contributed by atoms with Gasteiger partial charge in [-0.2, -0.15) is 0 Å². The summed E-state index contributed by atoms with van der Waals surface area (Å²) in [5.41, 5.74) is 5.50. The van der Waals surface area contributed by atoms with Crippen molar-refractivity contribution in [3.05, 3.63) is 47.7 Å². The Labute approximate surface area is 145 Å². The predicted molar refractivity (Wildman–Crippen MR) is 96.1 cm³/mol. The van der Waals surface area contributed by atoms with E-state index in [1.165, 1.54) is 11.1 Å². The largest absolute Gasteiger partial charge is 0.342 e. The molecular weight excluding hydrogens is 314 g/mol. The SMILES string of the molecule is Cc1ccc2[nH]c(CCCn3cc(-c4nccn4C)nn3)nc2c1C. The highest BCUT2D eigenvalue weighted by Gasteiger charge is 2.09. The molecule has 0 spiro atoms. The monoisotopic (exact) mass is 335 g/mol. The lowest BCUT2D eigenvalue weighted by atomic mass is 10.1. The smallest absolute Gasteiger partial charge is 0.161 e. The molecule has 0 aliphatic heterocycles. The Morgan fingerprint density at radius 2 is 2.08 bits per heavy atom. The van der Waals surface area contributed by atoms with Crippen LogP contribution in [-0.4, -0.2) is 34.5 Å². The first kappa shape index (κ1) is 15.6. The van der Waals surface area contributed by atoms with Gasteiger partial charge in [-0.05, 0) is 37.5 Å². The lowest BCUT2D eigenvalue weighted by Gasteiger charge is -1.99. The molecule has 4 rings (SSSR count). The lowest BCUT2D eigenvalue weighted by Crippen LogP contribution is -2.01. The number of hydrogen-bond donors (Lipinski definition) is 1. The number of fused-ring (bicyclic) bond motifs is 1. The van der Waals surface area contributed by atoms with Crippen LogP contribution < -0.4 is 0 Å². The van der Waals surface area contributed by atoms with Crippen LogP contribution in [0.5, 0.6) is 0 Å². The van der Waals surface area contributed by atoms with Crippen LogP contribution in [0.1, 0.15) is 23.4 Å². The lowest BCUT2D eigenvalue weighted by molar-refractivity contribution is 0.554. The van der Waals surface area contributed by atoms with Crippen molar-refractivity contribution >= 4 is 11.0 Å². The molecule has 0 saturated carbocycles. The van der Waals surface area contributed by atoms with Crippen molar-refractivity contribution < 1.29 is 0 Å². The number of aromatic nitrogens is 7. The molecule has 0 aliphatic rings. The van der Waals surface area contributed by atoms with Gasteiger partial charge in [-0.25, -0.2) is 9.97 Å². The third-order valence-electron chi connectivity index (χ3n) is 4.62. The Bertz CT molecular complexity index is 1020. The van der Waals surface area contributed by atoms with E-state index < -0.39 is 0 Å². The van der Waals surface area contributed by atoms with Crippen molar-refractivity contribution in [2.45, 2.75) is 33.2 Å². The molecule has 0 fully saturated rings. The molecule has 0 radical (unpaired) electrons. The second kappa shape index (κ2) is 6.16. The van der Waals surface area contributed by atoms with Gasteiger partial charge in [0, 0.05) is 32.4 Å². The molecule has 7 heteroatoms. The number of nitrogens with zero attached hydrogens (tertiary/aromatic N) is 6. The van der Waals surface area contributed by atoms with Crippen LogP contribution >= 0.6 is 0 Å². The second-order valence-electron chi connectivity index (χ2n) is 6.42. The second-order valence-corrected chi connectivity index (χ2v) is 6.42. The fourth-order valence-corrected chi connectivity index (χ4v) is 3.01. The molecule has 4 aromatic rings. The third kappa shape index (κ3) is 2.93. The maximum Gasteiger partial charge on any atom is 0.161 e. The number of aromatic amines is 1. The topological polar surface area (TPSA) is 77.2 Å². The van der Waals surface area contributed by atoms with Gasteiger partial charge in [-0.15, -0.1) is 5.10 Å². The molecule has 0 unspecified atom stereocenters. The van der Waals surface area contributed by atoms with Crippen molar-refractivity contribution in [3.8, 4) is 11.5 Å². The predicted octanol–water partition coefficient (Wildman–Crippen LogP) is 2.80. The Morgan fingerprint density at radius 3 is 2.88 bits per heavy atom. The van der Waals surface area contributed by atoms with Gasteiger partial charge in [0.2, 0.25) is 0 Å². The summed E-state index contributed by atoms with van der Waals surface area (Å²) in [6.07, 6.45) is 7.43. The summed E-state index contributed by atoms with van der Waals surface area (Å²) < 4.78 is 3.80. The van der Waals surface area contributed by atoms with E-state index in [-0.39, 0.29) is 0 Å². The summed E-state index contributed by atoms with van der Waals surface area (Å²) in [4.78, 5) is 12.5. The molecule has 1 N–H and O–H groups in total. The number of imidazole rings is 2. The maximum absolute atomic E-state index is 4.75. The molecule has 3 aromatic heterocycles. The highest BCUT2D eigenvalue weighted by Crippen LogP contribution is 2.20. The van der Waals surface area contributed by atoms with Gasteiger partial charge in [0.05, 0.1) is 17.2 Å². The molecule has 128 valence electrons. The van der Waals surface area contributed by atoms with Crippen LogP contribution in [0.4, 0.5) is 0 Å². The van der Waals surface area contributed by atoms with E-state index >= 15 is 0 Å². The maximum atomic E-state index is 4.75. The Morgan fingerprint density at radius 1 is 1.20 bits per heavy atom. The van der Waals surface area contributed by atoms with Gasteiger partial charge in [0.25, 0.3) is 0 Å². The van der Waals surface area contributed by atoms with Gasteiger partial charge < -0.3 is 9.55 Å². The van der Waals surface area contributed by atoms with Crippen molar-refractivity contribution in [2.75, 3.05) is 0 Å². The van der Waals surface area contributed by atoms with E-state index in [1.54, 1.807) is 6.20 Å². The van der Waals surface area contributed by atoms with E-state index in [9.17, 15) is 0 Å². The summed E-state index contributed by atoms with van der Waals surface area (Å²) in [5, 5.41) is 8.40. The first-order valence-electron chi connectivity index (χ1n) is 8.44. The minimum atomic E-state index is 0.794. The quantitative estimate of drug-likeness (QED) is 0.608. The average Bonchev–Trinajstić information content (AvgIpc) is 3.31. The average molecular weight is 335 g/mol. The number of rotatable bonds is 5. The first-order valence-corrected chi connectivity index (χ1v) is 8.44. The molecule has 0 bridgehead atoms. The number of nitrogens with one attached hydrogen (secondary N) is 1. The van der Waals surface area contributed by atoms with Crippen LogP contribution in [0.25, 0.3) is 22.6 Å². The van der Waals surface area contributed by atoms with Crippen LogP contribution in [0.15, 0.2) is 30.7 Å². The first-order chi connectivity index (χ1) is 12.1. The zero-order chi connectivity index (χ0) is 17.4. The summed E-state index contributed by atoms with van der Waals surface area (Å²) in [6.45, 7) is 5.04. The molecule has 0 aliphatic carbocycles. The number of aryl methyl sites for hydroxylation is 5. The fraction of sp³-hybridized carbons (Fsp3) is 0.333. The van der Waals surface area contributed by atoms with Gasteiger partial charge in [0.15, 0.2) is 5.82 Å². The van der Waals surface area contributed by atoms with Crippen molar-refractivity contribution in [1.82, 2.24) is 34.5 Å². The number of hydrogen-bond acceptors (Lipinski definition) is 4. The van der Waals surface area contributed by atoms with E-state index in [4.69, 9.17) is 4.98 Å². The minimum absolute atomic E-state index is 0.794. The minimum Gasteiger partial charge on any atom is -0.342 e. The summed E-state index contributed by atoms with van der Waals surface area (Å²) in [7, 11) is 1.95. The van der Waals surface area contributed by atoms with Crippen LogP contribution in [0, 0.1) is 13.8 Å². The van der Waals surface area contributed by atoms with E-state index in [0.717, 1.165) is 47.8 Å². The zero-order valence-corrected chi connectivity index (χ0v) is 14.7. The molecule has 1 aromatic carbocycles. The molecule has 0 amide bonds. The Kier molecular flexibility index (Phi) is 3.83. The summed E-state index contributed by atoms with van der Waals surface area (Å²) in [6, 6.07) is 4.24. The van der Waals surface area contributed by atoms with E-state index in [2.05, 4.69) is 46.3 Å². The molecule has 0 saturated heterocycles. The Balaban J connectivity index is 1.42. The highest BCUT2D eigenvalue weighted by molar-refractivity contribution is 5.79. The van der Waals surface area contributed by atoms with Crippen molar-refractivity contribution in [1.29, 1.82) is 0 Å². The van der Waals surface area contributed by atoms with Gasteiger partial charge in [-0.3, -0.25) is 4.68 Å². The van der Waals surface area contributed by atoms with Crippen molar-refractivity contribution in [3.63, 3.8) is 0 Å². The van der Waals surface area contributed by atoms with Crippen LogP contribution in [0.2, 0.25) is 0 Å². The summed E-state index contributed by atoms with van der Waals surface area (Å²) >= 11 is 0. The van der Waals surface area contributed by atoms with Gasteiger partial charge >= 0.3 is 0 Å². The zero-order valence-electron chi connectivity index (χ0n) is 14.7. The van der Waals surface area contributed by atoms with Crippen LogP contribution in [-0.2, 0) is 20.0 Å². The van der Waals surface area contributed by atoms with E-state index in [0.29, 0.717) is 0 Å². The number of benzene rings is 1. The normalized spacial score (nSPS) is 11.5. The number of H-pyrrole nitrogens is 1. The molecular formula is C18H21N7. The molecule has 7 nitrogen and oxygen atoms in total. The summed E-state index contributed by atoms with van der Waals surface area (Å²) in [5.74, 6) is 1.85. The van der Waals surface area contributed by atoms with Gasteiger partial charge in [-0.1, -0.05) is 11.3 Å². The van der Waals surface area contributed by atoms with Crippen molar-refractivity contribution in [2.24, 2.45) is 7.05 Å². The molecule has 25 heavy (non-hydrogen) atoms. The standard InChI is InChI=1S/C18H21N7/c1-12-6-7-14-17(13(12)2)21-16(20-14)5-4-9-25-11-15(22-23-25)18-19-8-10-24(18)3/h6-8,10-11H,4-5,9H2,1-3H3,(H,20,21).